The van der Waals surface area contributed by atoms with Gasteiger partial charge in [0.1, 0.15) is 0 Å². The molecule has 0 atom stereocenters. The molecule has 3 rings (SSSR count). The maximum absolute atomic E-state index is 13.3. The van der Waals surface area contributed by atoms with E-state index in [9.17, 15) is 9.59 Å². The number of thiophene rings is 1. The molecule has 29 heavy (non-hydrogen) atoms. The van der Waals surface area contributed by atoms with Gasteiger partial charge in [0, 0.05) is 0 Å². The van der Waals surface area contributed by atoms with Crippen LogP contribution in [0.1, 0.15) is 31.9 Å². The first-order valence-electron chi connectivity index (χ1n) is 8.92. The van der Waals surface area contributed by atoms with E-state index in [-0.39, 0.29) is 16.9 Å². The van der Waals surface area contributed by atoms with Crippen molar-refractivity contribution in [2.75, 3.05) is 5.01 Å². The molecule has 0 unspecified atom stereocenters. The zero-order valence-electron chi connectivity index (χ0n) is 16.3. The van der Waals surface area contributed by atoms with Gasteiger partial charge in [0.25, 0.3) is 0 Å². The van der Waals surface area contributed by atoms with E-state index >= 15 is 0 Å². The van der Waals surface area contributed by atoms with Gasteiger partial charge in [-0.25, -0.2) is 0 Å². The van der Waals surface area contributed by atoms with Gasteiger partial charge in [0.05, 0.1) is 0 Å². The number of hydrazine groups is 2. The minimum absolute atomic E-state index is 0.242. The number of hydrogen-bond donors (Lipinski definition) is 1. The number of aromatic nitrogens is 1. The summed E-state index contributed by atoms with van der Waals surface area (Å²) in [6.07, 6.45) is 3.35. The third-order valence-electron chi connectivity index (χ3n) is 4.53. The Hall–Kier alpha value is -1.98. The number of aryl methyl sites for hydroxylation is 1. The molecule has 2 heterocycles. The number of nitrogens with two attached hydrogens (primary N) is 1. The van der Waals surface area contributed by atoms with Gasteiger partial charge in [0.15, 0.2) is 0 Å². The molecular weight excluding hydrogens is 403 g/mol. The van der Waals surface area contributed by atoms with Crippen molar-refractivity contribution in [1.82, 2.24) is 10.1 Å². The summed E-state index contributed by atoms with van der Waals surface area (Å²) in [5, 5.41) is 3.47. The monoisotopic (exact) mass is 420 g/mol. The number of anilines is 1. The Labute approximate surface area is 187 Å². The normalized spacial score (nSPS) is 11.0. The summed E-state index contributed by atoms with van der Waals surface area (Å²) < 4.78 is -0.300. The van der Waals surface area contributed by atoms with E-state index in [1.165, 1.54) is 39.2 Å². The molecule has 0 radical (unpaired) electrons. The van der Waals surface area contributed by atoms with Crippen molar-refractivity contribution >= 4 is 56.0 Å². The first kappa shape index (κ1) is 21.7. The average Bonchev–Trinajstić information content (AvgIpc) is 2.96. The third-order valence-corrected chi connectivity index (χ3v) is 6.04. The van der Waals surface area contributed by atoms with Crippen LogP contribution in [0.5, 0.6) is 0 Å². The van der Waals surface area contributed by atoms with Gasteiger partial charge in [0.2, 0.25) is 0 Å². The summed E-state index contributed by atoms with van der Waals surface area (Å²) in [6, 6.07) is 10.5. The molecule has 0 saturated heterocycles. The summed E-state index contributed by atoms with van der Waals surface area (Å²) in [7, 11) is 0. The van der Waals surface area contributed by atoms with E-state index in [0.29, 0.717) is 21.2 Å². The van der Waals surface area contributed by atoms with Gasteiger partial charge in [-0.1, -0.05) is 0 Å². The van der Waals surface area contributed by atoms with E-state index in [1.807, 2.05) is 19.9 Å². The molecule has 2 aromatic heterocycles. The number of rotatable bonds is 6. The molecule has 0 saturated carbocycles. The first-order chi connectivity index (χ1) is 13.8. The van der Waals surface area contributed by atoms with Crippen LogP contribution in [0.3, 0.4) is 0 Å². The predicted molar refractivity (Wildman–Crippen MR) is 116 cm³/mol. The zero-order valence-corrected chi connectivity index (χ0v) is 17.9. The number of pyridine rings is 1. The fourth-order valence-corrected chi connectivity index (χ4v) is 4.43. The molecule has 6 nitrogen and oxygen atoms in total. The zero-order chi connectivity index (χ0) is 21.1. The van der Waals surface area contributed by atoms with Crippen LogP contribution >= 0.6 is 22.9 Å². The van der Waals surface area contributed by atoms with Gasteiger partial charge in [-0.15, -0.1) is 0 Å². The Morgan fingerprint density at radius 3 is 2.55 bits per heavy atom. The SMILES string of the molecule is [Li][C](=O)N(c1sc(C)c(C)c1C(=O)c1ccccc1Cl)N(N)Cc1cccnc1. The van der Waals surface area contributed by atoms with Crippen molar-refractivity contribution in [3.05, 3.63) is 80.9 Å². The molecule has 9 heteroatoms. The Balaban J connectivity index is 2.06. The molecule has 0 aliphatic heterocycles. The summed E-state index contributed by atoms with van der Waals surface area (Å²) >= 11 is 9.02. The van der Waals surface area contributed by atoms with Crippen molar-refractivity contribution in [2.24, 2.45) is 5.84 Å². The number of amides is 1. The van der Waals surface area contributed by atoms with Gasteiger partial charge < -0.3 is 0 Å². The number of nitrogens with zero attached hydrogens (tertiary/aromatic N) is 3. The van der Waals surface area contributed by atoms with Crippen molar-refractivity contribution < 1.29 is 9.59 Å². The Bertz CT molecular complexity index is 1060. The summed E-state index contributed by atoms with van der Waals surface area (Å²) in [4.78, 5) is 30.9. The third kappa shape index (κ3) is 4.62. The van der Waals surface area contributed by atoms with Crippen LogP contribution in [0.4, 0.5) is 9.80 Å². The minimum atomic E-state index is -0.300. The van der Waals surface area contributed by atoms with Crippen LogP contribution in [0.2, 0.25) is 5.02 Å². The van der Waals surface area contributed by atoms with Gasteiger partial charge >= 0.3 is 188 Å². The molecule has 1 aromatic carbocycles. The standard InChI is InChI=1S/C20H18ClN4O2S.Li/c1-13-14(2)28-20(18(13)19(27)16-7-3-4-8-17(16)21)24(12-26)25(22)11-15-6-5-9-23-10-15;/h3-10H,11,22H2,1-2H3;. The van der Waals surface area contributed by atoms with E-state index < -0.39 is 0 Å². The molecule has 2 N–H and O–H groups in total. The van der Waals surface area contributed by atoms with E-state index in [1.54, 1.807) is 42.7 Å². The van der Waals surface area contributed by atoms with Crippen LogP contribution in [0.15, 0.2) is 48.8 Å². The molecule has 1 amide bonds. The number of halogens is 1. The Morgan fingerprint density at radius 2 is 1.93 bits per heavy atom. The Kier molecular flexibility index (Phi) is 6.91. The van der Waals surface area contributed by atoms with Crippen molar-refractivity contribution in [1.29, 1.82) is 0 Å². The van der Waals surface area contributed by atoms with E-state index in [0.717, 1.165) is 16.0 Å². The fraction of sp³-hybridized carbons (Fsp3) is 0.150. The molecule has 3 aromatic rings. The van der Waals surface area contributed by atoms with Gasteiger partial charge in [-0.05, 0) is 0 Å². The predicted octanol–water partition coefficient (Wildman–Crippen LogP) is 4.03. The van der Waals surface area contributed by atoms with E-state index in [2.05, 4.69) is 4.98 Å². The molecule has 0 fully saturated rings. The summed E-state index contributed by atoms with van der Waals surface area (Å²) in [6.45, 7) is 4.02. The van der Waals surface area contributed by atoms with Crippen molar-refractivity contribution in [3.8, 4) is 0 Å². The van der Waals surface area contributed by atoms with Crippen LogP contribution < -0.4 is 10.9 Å². The molecule has 0 aliphatic carbocycles. The number of hydrogen-bond acceptors (Lipinski definition) is 6. The average molecular weight is 421 g/mol. The maximum atomic E-state index is 13.3. The molecular formula is C20H18ClLiN4O2S. The second-order valence-corrected chi connectivity index (χ2v) is 8.17. The van der Waals surface area contributed by atoms with Crippen molar-refractivity contribution in [2.45, 2.75) is 20.4 Å². The second kappa shape index (κ2) is 9.22. The number of ketones is 1. The van der Waals surface area contributed by atoms with E-state index in [4.69, 9.17) is 17.4 Å². The quantitative estimate of drug-likeness (QED) is 0.282. The van der Waals surface area contributed by atoms with Crippen LogP contribution in [0.25, 0.3) is 0 Å². The number of carbonyl (C=O) groups is 2. The van der Waals surface area contributed by atoms with Gasteiger partial charge in [-0.3, -0.25) is 0 Å². The van der Waals surface area contributed by atoms with Gasteiger partial charge in [-0.2, -0.15) is 0 Å². The molecule has 0 aliphatic rings. The first-order valence-corrected chi connectivity index (χ1v) is 10.1. The van der Waals surface area contributed by atoms with Crippen LogP contribution in [-0.2, 0) is 6.54 Å². The molecule has 144 valence electrons. The topological polar surface area (TPSA) is 79.5 Å². The second-order valence-electron chi connectivity index (χ2n) is 6.56. The van der Waals surface area contributed by atoms with Crippen LogP contribution in [0, 0.1) is 13.8 Å². The number of carbonyl (C=O) groups excluding carboxylic acids is 2. The summed E-state index contributed by atoms with van der Waals surface area (Å²) in [5.41, 5.74) is 2.45. The fourth-order valence-electron chi connectivity index (χ4n) is 3.00. The molecule has 0 bridgehead atoms. The van der Waals surface area contributed by atoms with Crippen molar-refractivity contribution in [3.63, 3.8) is 0 Å². The Morgan fingerprint density at radius 1 is 1.21 bits per heavy atom. The van der Waals surface area contributed by atoms with Crippen LogP contribution in [-0.4, -0.2) is 38.2 Å². The summed E-state index contributed by atoms with van der Waals surface area (Å²) in [5.74, 6) is 6.02. The number of benzene rings is 1. The molecule has 0 spiro atoms.